The molecule has 0 aromatic heterocycles. The van der Waals surface area contributed by atoms with Crippen LogP contribution in [0.3, 0.4) is 0 Å². The number of hydrogen-bond donors (Lipinski definition) is 0. The molecule has 0 spiro atoms. The Morgan fingerprint density at radius 3 is 2.00 bits per heavy atom. The number of allylic oxidation sites excluding steroid dienone is 1. The summed E-state index contributed by atoms with van der Waals surface area (Å²) in [6.45, 7) is 0. The van der Waals surface area contributed by atoms with Gasteiger partial charge >= 0.3 is 0 Å². The average Bonchev–Trinajstić information content (AvgIpc) is 1.65. The molecule has 0 aliphatic carbocycles. The molecular weight excluding hydrogens is 125 g/mol. The van der Waals surface area contributed by atoms with Gasteiger partial charge < -0.3 is 0 Å². The number of carbonyl (C=O) groups excluding carboxylic acids is 1. The standard InChI is InChI=1S/C3HClF2O/c4-3(6)2(5)1-7/h1H/b3-2-. The second-order valence-electron chi connectivity index (χ2n) is 0.726. The zero-order chi connectivity index (χ0) is 5.86. The molecule has 0 unspecified atom stereocenters. The molecule has 0 rings (SSSR count). The first kappa shape index (κ1) is 6.56. The Morgan fingerprint density at radius 1 is 1.57 bits per heavy atom. The van der Waals surface area contributed by atoms with Crippen LogP contribution in [0.25, 0.3) is 0 Å². The van der Waals surface area contributed by atoms with Crippen LogP contribution in [-0.4, -0.2) is 6.29 Å². The van der Waals surface area contributed by atoms with Crippen LogP contribution in [0.2, 0.25) is 0 Å². The molecule has 1 nitrogen and oxygen atoms in total. The fraction of sp³-hybridized carbons (Fsp3) is 0. The summed E-state index contributed by atoms with van der Waals surface area (Å²) >= 11 is 4.34. The molecule has 0 saturated carbocycles. The lowest BCUT2D eigenvalue weighted by molar-refractivity contribution is -0.106. The minimum absolute atomic E-state index is 0.303. The van der Waals surface area contributed by atoms with E-state index in [1.807, 2.05) is 0 Å². The van der Waals surface area contributed by atoms with E-state index in [-0.39, 0.29) is 6.29 Å². The Bertz CT molecular complexity index is 106. The first-order chi connectivity index (χ1) is 3.18. The van der Waals surface area contributed by atoms with Gasteiger partial charge in [0, 0.05) is 0 Å². The molecule has 0 aliphatic rings. The van der Waals surface area contributed by atoms with Gasteiger partial charge in [0.25, 0.3) is 0 Å². The first-order valence-electron chi connectivity index (χ1n) is 1.34. The van der Waals surface area contributed by atoms with Crippen LogP contribution in [0, 0.1) is 0 Å². The van der Waals surface area contributed by atoms with Gasteiger partial charge in [-0.15, -0.1) is 0 Å². The number of rotatable bonds is 1. The van der Waals surface area contributed by atoms with Gasteiger partial charge in [-0.3, -0.25) is 4.79 Å². The Balaban J connectivity index is 3.98. The van der Waals surface area contributed by atoms with E-state index in [9.17, 15) is 13.6 Å². The van der Waals surface area contributed by atoms with Crippen molar-refractivity contribution in [3.8, 4) is 0 Å². The second-order valence-corrected chi connectivity index (χ2v) is 1.06. The largest absolute Gasteiger partial charge is 0.295 e. The van der Waals surface area contributed by atoms with Gasteiger partial charge in [-0.2, -0.15) is 8.78 Å². The summed E-state index contributed by atoms with van der Waals surface area (Å²) in [5.74, 6) is -1.57. The molecule has 0 saturated heterocycles. The van der Waals surface area contributed by atoms with E-state index in [2.05, 4.69) is 11.6 Å². The van der Waals surface area contributed by atoms with Crippen molar-refractivity contribution in [2.45, 2.75) is 0 Å². The molecule has 0 N–H and O–H groups in total. The highest BCUT2D eigenvalue weighted by atomic mass is 35.5. The van der Waals surface area contributed by atoms with Crippen molar-refractivity contribution in [1.82, 2.24) is 0 Å². The third-order valence-corrected chi connectivity index (χ3v) is 0.465. The zero-order valence-electron chi connectivity index (χ0n) is 3.12. The highest BCUT2D eigenvalue weighted by molar-refractivity contribution is 6.29. The summed E-state index contributed by atoms with van der Waals surface area (Å²) in [5.41, 5.74) is 0. The van der Waals surface area contributed by atoms with Crippen LogP contribution in [0.4, 0.5) is 8.78 Å². The van der Waals surface area contributed by atoms with Crippen LogP contribution >= 0.6 is 11.6 Å². The first-order valence-corrected chi connectivity index (χ1v) is 1.72. The van der Waals surface area contributed by atoms with Crippen LogP contribution in [0.1, 0.15) is 0 Å². The van der Waals surface area contributed by atoms with Gasteiger partial charge in [0.2, 0.25) is 11.1 Å². The third-order valence-electron chi connectivity index (χ3n) is 0.284. The predicted molar refractivity (Wildman–Crippen MR) is 21.2 cm³/mol. The summed E-state index contributed by atoms with van der Waals surface area (Å²) in [6, 6.07) is 0. The molecule has 0 aliphatic heterocycles. The normalized spacial score (nSPS) is 13.0. The molecule has 0 aromatic carbocycles. The highest BCUT2D eigenvalue weighted by Gasteiger charge is 1.96. The monoisotopic (exact) mass is 126 g/mol. The van der Waals surface area contributed by atoms with Gasteiger partial charge in [-0.1, -0.05) is 0 Å². The Hall–Kier alpha value is -0.440. The summed E-state index contributed by atoms with van der Waals surface area (Å²) in [5, 5.41) is -1.60. The summed E-state index contributed by atoms with van der Waals surface area (Å²) in [7, 11) is 0. The van der Waals surface area contributed by atoms with Crippen molar-refractivity contribution in [3.05, 3.63) is 11.1 Å². The average molecular weight is 126 g/mol. The van der Waals surface area contributed by atoms with Crippen LogP contribution < -0.4 is 0 Å². The number of carbonyl (C=O) groups is 1. The van der Waals surface area contributed by atoms with Crippen molar-refractivity contribution in [3.63, 3.8) is 0 Å². The molecule has 0 fully saturated rings. The highest BCUT2D eigenvalue weighted by Crippen LogP contribution is 2.08. The number of aldehydes is 1. The van der Waals surface area contributed by atoms with E-state index in [4.69, 9.17) is 0 Å². The van der Waals surface area contributed by atoms with E-state index < -0.39 is 11.1 Å². The van der Waals surface area contributed by atoms with E-state index in [0.717, 1.165) is 0 Å². The molecule has 0 aromatic rings. The van der Waals surface area contributed by atoms with Crippen LogP contribution in [0.5, 0.6) is 0 Å². The molecule has 0 amide bonds. The zero-order valence-corrected chi connectivity index (χ0v) is 3.88. The molecule has 0 radical (unpaired) electrons. The SMILES string of the molecule is O=C/C(F)=C(/F)Cl. The smallest absolute Gasteiger partial charge is 0.228 e. The van der Waals surface area contributed by atoms with Crippen LogP contribution in [0.15, 0.2) is 11.1 Å². The quantitative estimate of drug-likeness (QED) is 0.385. The fourth-order valence-corrected chi connectivity index (χ4v) is 0.0891. The van der Waals surface area contributed by atoms with E-state index in [1.54, 1.807) is 0 Å². The van der Waals surface area contributed by atoms with Gasteiger partial charge in [0.05, 0.1) is 0 Å². The van der Waals surface area contributed by atoms with Gasteiger partial charge in [0.1, 0.15) is 0 Å². The summed E-state index contributed by atoms with van der Waals surface area (Å²) in [6.07, 6.45) is -0.303. The predicted octanol–water partition coefficient (Wildman–Crippen LogP) is 1.53. The van der Waals surface area contributed by atoms with Crippen molar-refractivity contribution >= 4 is 17.9 Å². The number of halogens is 3. The van der Waals surface area contributed by atoms with Crippen molar-refractivity contribution in [1.29, 1.82) is 0 Å². The lowest BCUT2D eigenvalue weighted by Gasteiger charge is -1.74. The van der Waals surface area contributed by atoms with Crippen molar-refractivity contribution in [2.75, 3.05) is 0 Å². The third kappa shape index (κ3) is 2.28. The van der Waals surface area contributed by atoms with Gasteiger partial charge in [-0.05, 0) is 11.6 Å². The van der Waals surface area contributed by atoms with Gasteiger partial charge in [0.15, 0.2) is 6.29 Å². The Kier molecular flexibility index (Phi) is 2.52. The lowest BCUT2D eigenvalue weighted by atomic mass is 10.7. The van der Waals surface area contributed by atoms with Crippen molar-refractivity contribution < 1.29 is 13.6 Å². The molecule has 0 bridgehead atoms. The van der Waals surface area contributed by atoms with E-state index >= 15 is 0 Å². The summed E-state index contributed by atoms with van der Waals surface area (Å²) in [4.78, 5) is 9.19. The maximum atomic E-state index is 11.3. The molecule has 7 heavy (non-hydrogen) atoms. The minimum atomic E-state index is -1.60. The van der Waals surface area contributed by atoms with Crippen molar-refractivity contribution in [2.24, 2.45) is 0 Å². The maximum Gasteiger partial charge on any atom is 0.228 e. The Labute approximate surface area is 43.6 Å². The molecule has 40 valence electrons. The molecular formula is C3HClF2O. The summed E-state index contributed by atoms with van der Waals surface area (Å²) < 4.78 is 22.4. The van der Waals surface area contributed by atoms with Crippen LogP contribution in [-0.2, 0) is 4.79 Å². The maximum absolute atomic E-state index is 11.3. The topological polar surface area (TPSA) is 17.1 Å². The lowest BCUT2D eigenvalue weighted by Crippen LogP contribution is -1.71. The fourth-order valence-electron chi connectivity index (χ4n) is 0.0445. The number of hydrogen-bond acceptors (Lipinski definition) is 1. The Morgan fingerprint density at radius 2 is 2.00 bits per heavy atom. The van der Waals surface area contributed by atoms with Gasteiger partial charge in [-0.25, -0.2) is 0 Å². The molecule has 0 heterocycles. The van der Waals surface area contributed by atoms with E-state index in [0.29, 0.717) is 0 Å². The molecule has 4 heteroatoms. The second kappa shape index (κ2) is 2.69. The molecule has 0 atom stereocenters. The van der Waals surface area contributed by atoms with E-state index in [1.165, 1.54) is 0 Å². The minimum Gasteiger partial charge on any atom is -0.295 e.